The molecule has 0 saturated carbocycles. The maximum Gasteiger partial charge on any atom is 0.343 e. The van der Waals surface area contributed by atoms with E-state index in [1.54, 1.807) is 0 Å². The quantitative estimate of drug-likeness (QED) is 0.802. The SMILES string of the molecule is COC(=O)c1cccn(-c2c(F)cccc2OC)c1=O. The van der Waals surface area contributed by atoms with Crippen molar-refractivity contribution in [1.29, 1.82) is 0 Å². The molecule has 1 heterocycles. The maximum atomic E-state index is 14.0. The van der Waals surface area contributed by atoms with Gasteiger partial charge in [-0.25, -0.2) is 9.18 Å². The predicted octanol–water partition coefficient (Wildman–Crippen LogP) is 1.77. The number of hydrogen-bond acceptors (Lipinski definition) is 4. The second-order valence-corrected chi connectivity index (χ2v) is 3.88. The molecule has 20 heavy (non-hydrogen) atoms. The molecule has 6 heteroatoms. The van der Waals surface area contributed by atoms with E-state index < -0.39 is 17.3 Å². The van der Waals surface area contributed by atoms with Gasteiger partial charge in [-0.1, -0.05) is 6.07 Å². The average Bonchev–Trinajstić information content (AvgIpc) is 2.47. The summed E-state index contributed by atoms with van der Waals surface area (Å²) in [6, 6.07) is 6.97. The van der Waals surface area contributed by atoms with Crippen LogP contribution in [0.1, 0.15) is 10.4 Å². The molecule has 0 atom stereocenters. The van der Waals surface area contributed by atoms with Gasteiger partial charge in [-0.15, -0.1) is 0 Å². The Morgan fingerprint density at radius 3 is 2.60 bits per heavy atom. The maximum absolute atomic E-state index is 14.0. The second-order valence-electron chi connectivity index (χ2n) is 3.88. The van der Waals surface area contributed by atoms with Gasteiger partial charge in [0.15, 0.2) is 5.82 Å². The number of esters is 1. The van der Waals surface area contributed by atoms with Gasteiger partial charge in [0.1, 0.15) is 17.0 Å². The summed E-state index contributed by atoms with van der Waals surface area (Å²) in [6.07, 6.45) is 1.36. The number of para-hydroxylation sites is 1. The van der Waals surface area contributed by atoms with Crippen LogP contribution < -0.4 is 10.3 Å². The Morgan fingerprint density at radius 1 is 1.20 bits per heavy atom. The van der Waals surface area contributed by atoms with Crippen LogP contribution in [0, 0.1) is 5.82 Å². The van der Waals surface area contributed by atoms with E-state index in [0.717, 1.165) is 4.57 Å². The third kappa shape index (κ3) is 2.27. The molecule has 0 unspecified atom stereocenters. The Balaban J connectivity index is 2.72. The van der Waals surface area contributed by atoms with Crippen LogP contribution in [0.3, 0.4) is 0 Å². The summed E-state index contributed by atoms with van der Waals surface area (Å²) < 4.78 is 24.5. The van der Waals surface area contributed by atoms with E-state index in [-0.39, 0.29) is 17.0 Å². The summed E-state index contributed by atoms with van der Waals surface area (Å²) in [7, 11) is 2.54. The molecule has 2 rings (SSSR count). The molecule has 1 aromatic heterocycles. The van der Waals surface area contributed by atoms with Crippen molar-refractivity contribution in [1.82, 2.24) is 4.57 Å². The van der Waals surface area contributed by atoms with Gasteiger partial charge in [0.2, 0.25) is 0 Å². The fourth-order valence-electron chi connectivity index (χ4n) is 1.83. The van der Waals surface area contributed by atoms with Gasteiger partial charge in [0.05, 0.1) is 14.2 Å². The average molecular weight is 277 g/mol. The van der Waals surface area contributed by atoms with E-state index in [9.17, 15) is 14.0 Å². The van der Waals surface area contributed by atoms with Crippen molar-refractivity contribution in [3.05, 3.63) is 58.3 Å². The number of hydrogen-bond donors (Lipinski definition) is 0. The molecule has 104 valence electrons. The van der Waals surface area contributed by atoms with Crippen molar-refractivity contribution < 1.29 is 18.7 Å². The zero-order valence-corrected chi connectivity index (χ0v) is 10.9. The van der Waals surface area contributed by atoms with E-state index in [1.165, 1.54) is 50.7 Å². The van der Waals surface area contributed by atoms with Crippen LogP contribution in [0.15, 0.2) is 41.3 Å². The van der Waals surface area contributed by atoms with Crippen molar-refractivity contribution in [3.63, 3.8) is 0 Å². The molecule has 0 amide bonds. The highest BCUT2D eigenvalue weighted by molar-refractivity contribution is 5.88. The molecule has 1 aromatic carbocycles. The number of pyridine rings is 1. The highest BCUT2D eigenvalue weighted by Crippen LogP contribution is 2.24. The van der Waals surface area contributed by atoms with Gasteiger partial charge in [-0.3, -0.25) is 9.36 Å². The molecule has 2 aromatic rings. The van der Waals surface area contributed by atoms with Gasteiger partial charge >= 0.3 is 5.97 Å². The zero-order chi connectivity index (χ0) is 14.7. The Kier molecular flexibility index (Phi) is 3.84. The first-order chi connectivity index (χ1) is 9.60. The number of aromatic nitrogens is 1. The summed E-state index contributed by atoms with van der Waals surface area (Å²) in [4.78, 5) is 23.7. The largest absolute Gasteiger partial charge is 0.494 e. The molecule has 0 saturated heterocycles. The van der Waals surface area contributed by atoms with Gasteiger partial charge in [-0.2, -0.15) is 0 Å². The van der Waals surface area contributed by atoms with E-state index in [4.69, 9.17) is 4.74 Å². The minimum Gasteiger partial charge on any atom is -0.494 e. The number of rotatable bonds is 3. The van der Waals surface area contributed by atoms with Gasteiger partial charge in [0, 0.05) is 6.20 Å². The number of nitrogens with zero attached hydrogens (tertiary/aromatic N) is 1. The molecule has 0 spiro atoms. The highest BCUT2D eigenvalue weighted by atomic mass is 19.1. The fraction of sp³-hybridized carbons (Fsp3) is 0.143. The van der Waals surface area contributed by atoms with E-state index >= 15 is 0 Å². The van der Waals surface area contributed by atoms with Crippen molar-refractivity contribution in [2.24, 2.45) is 0 Å². The summed E-state index contributed by atoms with van der Waals surface area (Å²) in [5.41, 5.74) is -0.909. The van der Waals surface area contributed by atoms with Crippen LogP contribution in [0.5, 0.6) is 5.75 Å². The number of carbonyl (C=O) groups is 1. The summed E-state index contributed by atoms with van der Waals surface area (Å²) in [6.45, 7) is 0. The number of benzene rings is 1. The monoisotopic (exact) mass is 277 g/mol. The lowest BCUT2D eigenvalue weighted by molar-refractivity contribution is 0.0598. The second kappa shape index (κ2) is 5.56. The molecular weight excluding hydrogens is 265 g/mol. The molecule has 0 N–H and O–H groups in total. The molecule has 0 aliphatic heterocycles. The number of halogens is 1. The normalized spacial score (nSPS) is 10.2. The van der Waals surface area contributed by atoms with Crippen molar-refractivity contribution >= 4 is 5.97 Å². The van der Waals surface area contributed by atoms with Crippen LogP contribution >= 0.6 is 0 Å². The first-order valence-electron chi connectivity index (χ1n) is 5.73. The van der Waals surface area contributed by atoms with Crippen molar-refractivity contribution in [2.45, 2.75) is 0 Å². The van der Waals surface area contributed by atoms with Gasteiger partial charge < -0.3 is 9.47 Å². The van der Waals surface area contributed by atoms with Crippen LogP contribution in [-0.2, 0) is 4.74 Å². The molecule has 0 radical (unpaired) electrons. The topological polar surface area (TPSA) is 57.5 Å². The summed E-state index contributed by atoms with van der Waals surface area (Å²) in [5.74, 6) is -1.22. The molecule has 0 aliphatic rings. The predicted molar refractivity (Wildman–Crippen MR) is 69.9 cm³/mol. The van der Waals surface area contributed by atoms with Gasteiger partial charge in [-0.05, 0) is 24.3 Å². The number of ether oxygens (including phenoxy) is 2. The van der Waals surface area contributed by atoms with E-state index in [0.29, 0.717) is 0 Å². The van der Waals surface area contributed by atoms with Crippen LogP contribution in [0.4, 0.5) is 4.39 Å². The fourth-order valence-corrected chi connectivity index (χ4v) is 1.83. The lowest BCUT2D eigenvalue weighted by Gasteiger charge is -2.12. The molecule has 0 fully saturated rings. The van der Waals surface area contributed by atoms with E-state index in [2.05, 4.69) is 4.74 Å². The van der Waals surface area contributed by atoms with Crippen LogP contribution in [-0.4, -0.2) is 24.8 Å². The standard InChI is InChI=1S/C14H12FNO4/c1-19-11-7-3-6-10(15)12(11)16-8-4-5-9(13(16)17)14(18)20-2/h3-8H,1-2H3. The van der Waals surface area contributed by atoms with Crippen LogP contribution in [0.25, 0.3) is 5.69 Å². The molecule has 0 bridgehead atoms. The Bertz CT molecular complexity index is 709. The Morgan fingerprint density at radius 2 is 1.95 bits per heavy atom. The Labute approximate surface area is 114 Å². The minimum absolute atomic E-state index is 0.0502. The zero-order valence-electron chi connectivity index (χ0n) is 10.9. The van der Waals surface area contributed by atoms with Crippen molar-refractivity contribution in [2.75, 3.05) is 14.2 Å². The lowest BCUT2D eigenvalue weighted by atomic mass is 10.2. The first-order valence-corrected chi connectivity index (χ1v) is 5.73. The lowest BCUT2D eigenvalue weighted by Crippen LogP contribution is -2.26. The minimum atomic E-state index is -0.778. The third-order valence-electron chi connectivity index (χ3n) is 2.76. The molecule has 5 nitrogen and oxygen atoms in total. The van der Waals surface area contributed by atoms with Gasteiger partial charge in [0.25, 0.3) is 5.56 Å². The van der Waals surface area contributed by atoms with E-state index in [1.807, 2.05) is 0 Å². The first kappa shape index (κ1) is 13.8. The molecule has 0 aliphatic carbocycles. The third-order valence-corrected chi connectivity index (χ3v) is 2.76. The number of carbonyl (C=O) groups excluding carboxylic acids is 1. The summed E-state index contributed by atoms with van der Waals surface area (Å²) >= 11 is 0. The Hall–Kier alpha value is -2.63. The number of methoxy groups -OCH3 is 2. The van der Waals surface area contributed by atoms with Crippen LogP contribution in [0.2, 0.25) is 0 Å². The highest BCUT2D eigenvalue weighted by Gasteiger charge is 2.17. The van der Waals surface area contributed by atoms with Crippen molar-refractivity contribution in [3.8, 4) is 11.4 Å². The molecular formula is C14H12FNO4. The summed E-state index contributed by atoms with van der Waals surface area (Å²) in [5, 5.41) is 0. The smallest absolute Gasteiger partial charge is 0.343 e.